The van der Waals surface area contributed by atoms with E-state index in [0.717, 1.165) is 45.6 Å². The zero-order chi connectivity index (χ0) is 61.3. The summed E-state index contributed by atoms with van der Waals surface area (Å²) >= 11 is 0. The minimum Gasteiger partial charge on any atom is -0.246 e. The molecule has 0 atom stereocenters. The number of nitrogens with zero attached hydrogens (tertiary/aromatic N) is 4. The zero-order valence-electron chi connectivity index (χ0n) is 55.1. The third-order valence-corrected chi connectivity index (χ3v) is 16.3. The van der Waals surface area contributed by atoms with Crippen molar-refractivity contribution in [3.63, 3.8) is 0 Å². The van der Waals surface area contributed by atoms with Gasteiger partial charge in [-0.15, -0.1) is 0 Å². The number of rotatable bonds is 7. The number of aryl methyl sites for hydroxylation is 12. The quantitative estimate of drug-likeness (QED) is 0.113. The van der Waals surface area contributed by atoms with E-state index in [1.54, 1.807) is 0 Å². The van der Waals surface area contributed by atoms with Crippen LogP contribution in [-0.4, -0.2) is 22.8 Å². The van der Waals surface area contributed by atoms with Gasteiger partial charge in [-0.3, -0.25) is 0 Å². The summed E-state index contributed by atoms with van der Waals surface area (Å²) in [6.07, 6.45) is 33.5. The number of allylic oxidation sites excluding steroid dienone is 8. The molecule has 0 N–H and O–H groups in total. The van der Waals surface area contributed by atoms with Crippen molar-refractivity contribution in [2.24, 2.45) is 20.0 Å². The molecule has 0 saturated heterocycles. The Balaban J connectivity index is 0.000000205. The monoisotopic (exact) mass is 1250 g/mol. The first kappa shape index (κ1) is 70.0. The number of unbranched alkanes of at least 4 members (excludes halogenated alkanes) is 3. The summed E-state index contributed by atoms with van der Waals surface area (Å²) < 4.78 is 0. The summed E-state index contributed by atoms with van der Waals surface area (Å²) in [6.45, 7) is 30.2. The van der Waals surface area contributed by atoms with Gasteiger partial charge in [0.2, 0.25) is 0 Å². The van der Waals surface area contributed by atoms with Crippen molar-refractivity contribution in [2.75, 3.05) is 0 Å². The van der Waals surface area contributed by atoms with Crippen molar-refractivity contribution in [3.05, 3.63) is 259 Å². The van der Waals surface area contributed by atoms with E-state index in [1.165, 1.54) is 188 Å². The van der Waals surface area contributed by atoms with E-state index in [9.17, 15) is 0 Å². The summed E-state index contributed by atoms with van der Waals surface area (Å²) in [5, 5.41) is 4.95. The Labute approximate surface area is 549 Å². The van der Waals surface area contributed by atoms with Gasteiger partial charge >= 0.3 is 0 Å². The van der Waals surface area contributed by atoms with Crippen LogP contribution in [0.15, 0.2) is 190 Å². The molecule has 0 unspecified atom stereocenters. The molecular weight excluding hydrogens is 1160 g/mol. The van der Waals surface area contributed by atoms with E-state index < -0.39 is 0 Å². The molecule has 0 amide bonds. The summed E-state index contributed by atoms with van der Waals surface area (Å²) in [7, 11) is 0. The Hall–Kier alpha value is -7.07. The maximum Gasteiger partial charge on any atom is 0.0979 e. The maximum atomic E-state index is 5.28. The Morgan fingerprint density at radius 2 is 0.455 bits per heavy atom. The Morgan fingerprint density at radius 3 is 0.625 bits per heavy atom. The molecule has 4 aliphatic carbocycles. The van der Waals surface area contributed by atoms with Crippen molar-refractivity contribution < 1.29 is 33.6 Å². The molecule has 0 bridgehead atoms. The second-order valence-electron chi connectivity index (χ2n) is 24.2. The maximum absolute atomic E-state index is 5.28. The second kappa shape index (κ2) is 34.1. The van der Waals surface area contributed by atoms with Crippen molar-refractivity contribution in [3.8, 4) is 0 Å². The van der Waals surface area contributed by atoms with Gasteiger partial charge in [0.1, 0.15) is 0 Å². The summed E-state index contributed by atoms with van der Waals surface area (Å²) in [5.74, 6) is 0. The van der Waals surface area contributed by atoms with Crippen LogP contribution in [0, 0.1) is 83.1 Å². The van der Waals surface area contributed by atoms with Gasteiger partial charge in [-0.25, -0.2) is 20.0 Å². The first-order chi connectivity index (χ1) is 41.6. The van der Waals surface area contributed by atoms with E-state index in [0.29, 0.717) is 0 Å². The van der Waals surface area contributed by atoms with Crippen LogP contribution in [0.1, 0.15) is 180 Å². The van der Waals surface area contributed by atoms with Gasteiger partial charge < -0.3 is 0 Å². The first-order valence-corrected chi connectivity index (χ1v) is 31.9. The second-order valence-corrected chi connectivity index (χ2v) is 24.2. The third-order valence-electron chi connectivity index (χ3n) is 16.3. The van der Waals surface area contributed by atoms with E-state index in [2.05, 4.69) is 267 Å². The molecule has 6 heteroatoms. The van der Waals surface area contributed by atoms with Crippen LogP contribution in [-0.2, 0) is 33.6 Å². The van der Waals surface area contributed by atoms with Gasteiger partial charge in [-0.05, 0) is 190 Å². The molecule has 0 aliphatic heterocycles. The molecule has 0 aromatic heterocycles. The average Bonchev–Trinajstić information content (AvgIpc) is 1.64. The molecule has 0 heterocycles. The van der Waals surface area contributed by atoms with Crippen LogP contribution in [0.5, 0.6) is 0 Å². The fourth-order valence-corrected chi connectivity index (χ4v) is 12.5. The van der Waals surface area contributed by atoms with E-state index in [1.807, 2.05) is 0 Å². The van der Waals surface area contributed by atoms with Crippen LogP contribution >= 0.6 is 0 Å². The molecule has 12 rings (SSSR count). The van der Waals surface area contributed by atoms with Crippen molar-refractivity contribution in [2.45, 2.75) is 174 Å². The molecule has 0 fully saturated rings. The fourth-order valence-electron chi connectivity index (χ4n) is 12.5. The van der Waals surface area contributed by atoms with Crippen molar-refractivity contribution in [1.82, 2.24) is 0 Å². The van der Waals surface area contributed by atoms with Crippen LogP contribution in [0.2, 0.25) is 0 Å². The largest absolute Gasteiger partial charge is 0.246 e. The SMILES string of the molecule is C1=C\CC/C=C\CC/1.C1=C\CC/C=C\CC/1.CCCCCC.Cc1cc(C)c(N=C2C(=Nc3c(C)cc(C)cc3C)c3cccc4cccc2c34)c(C)c1.Cc1cc(C)c(N=C2C(=Nc3c(C)cc(C)cc3C)c3cccc4cccc2c34)c(C)c1.[Co].[Co]. The van der Waals surface area contributed by atoms with Crippen molar-refractivity contribution >= 4 is 67.1 Å². The number of benzene rings is 8. The number of hydrogen-bond donors (Lipinski definition) is 0. The zero-order valence-corrected chi connectivity index (χ0v) is 57.2. The molecule has 0 saturated carbocycles. The van der Waals surface area contributed by atoms with Crippen LogP contribution in [0.3, 0.4) is 0 Å². The normalized spacial score (nSPS) is 16.8. The fraction of sp³-hybridized carbons (Fsp3) is 0.317. The predicted molar refractivity (Wildman–Crippen MR) is 379 cm³/mol. The van der Waals surface area contributed by atoms with Gasteiger partial charge in [0.25, 0.3) is 0 Å². The Bertz CT molecular complexity index is 3370. The number of aliphatic imine (C=N–C) groups is 4. The van der Waals surface area contributed by atoms with Gasteiger partial charge in [0, 0.05) is 66.6 Å². The molecule has 88 heavy (non-hydrogen) atoms. The summed E-state index contributed by atoms with van der Waals surface area (Å²) in [6, 6.07) is 43.6. The minimum absolute atomic E-state index is 0. The van der Waals surface area contributed by atoms with Crippen LogP contribution in [0.4, 0.5) is 22.7 Å². The van der Waals surface area contributed by atoms with Gasteiger partial charge in [-0.2, -0.15) is 0 Å². The smallest absolute Gasteiger partial charge is 0.0979 e. The Morgan fingerprint density at radius 1 is 0.273 bits per heavy atom. The van der Waals surface area contributed by atoms with E-state index >= 15 is 0 Å². The number of hydrogen-bond acceptors (Lipinski definition) is 4. The molecule has 0 spiro atoms. The standard InChI is InChI=1S/2C30H28N2.2C8H12.C6H14.2Co/c2*1-17-13-19(3)27(20(4)14-17)31-29-24-11-7-9-23-10-8-12-25(26(23)24)30(29)32-28-21(5)15-18(2)16-22(28)6;2*1-2-4-6-8-7-5-3-1;1-3-5-6-4-2;;/h2*7-16H,1-6H3;2*1-2,7-8H,3-6H2;3-6H2,1-2H3;;/b;;2*2-1-,8-7-;;;. The molecule has 4 nitrogen and oxygen atoms in total. The molecule has 2 radical (unpaired) electrons. The van der Waals surface area contributed by atoms with E-state index in [4.69, 9.17) is 20.0 Å². The van der Waals surface area contributed by atoms with Gasteiger partial charge in [-0.1, -0.05) is 232 Å². The predicted octanol–water partition coefficient (Wildman–Crippen LogP) is 23.8. The molecular formula is C82H94Co2N4. The van der Waals surface area contributed by atoms with E-state index in [-0.39, 0.29) is 33.6 Å². The van der Waals surface area contributed by atoms with Gasteiger partial charge in [0.05, 0.1) is 45.6 Å². The average molecular weight is 1250 g/mol. The third kappa shape index (κ3) is 17.8. The first-order valence-electron chi connectivity index (χ1n) is 31.9. The summed E-state index contributed by atoms with van der Waals surface area (Å²) in [5.41, 5.74) is 27.3. The van der Waals surface area contributed by atoms with Gasteiger partial charge in [0.15, 0.2) is 0 Å². The summed E-state index contributed by atoms with van der Waals surface area (Å²) in [4.78, 5) is 21.1. The molecule has 460 valence electrons. The minimum atomic E-state index is 0. The molecule has 4 aliphatic rings. The van der Waals surface area contributed by atoms with Crippen LogP contribution < -0.4 is 0 Å². The Kier molecular flexibility index (Phi) is 27.1. The topological polar surface area (TPSA) is 49.4 Å². The molecule has 8 aromatic rings. The van der Waals surface area contributed by atoms with Crippen LogP contribution in [0.25, 0.3) is 21.5 Å². The molecule has 8 aromatic carbocycles. The van der Waals surface area contributed by atoms with Crippen molar-refractivity contribution in [1.29, 1.82) is 0 Å².